The van der Waals surface area contributed by atoms with E-state index in [2.05, 4.69) is 17.2 Å². The van der Waals surface area contributed by atoms with Crippen LogP contribution in [0.15, 0.2) is 18.2 Å². The number of nitrogens with one attached hydrogen (secondary N) is 1. The van der Waals surface area contributed by atoms with Gasteiger partial charge in [0.1, 0.15) is 16.6 Å². The monoisotopic (exact) mass is 308 g/mol. The van der Waals surface area contributed by atoms with Crippen molar-refractivity contribution in [3.8, 4) is 10.6 Å². The minimum atomic E-state index is -0.430. The van der Waals surface area contributed by atoms with Crippen LogP contribution in [0.25, 0.3) is 10.6 Å². The van der Waals surface area contributed by atoms with Gasteiger partial charge in [-0.25, -0.2) is 13.8 Å². The zero-order valence-corrected chi connectivity index (χ0v) is 12.8. The predicted molar refractivity (Wildman–Crippen MR) is 81.4 cm³/mol. The first-order valence-electron chi connectivity index (χ1n) is 7.34. The summed E-state index contributed by atoms with van der Waals surface area (Å²) in [6.45, 7) is 3.83. The largest absolute Gasteiger partial charge is 0.312 e. The summed E-state index contributed by atoms with van der Waals surface area (Å²) in [6, 6.07) is 3.53. The molecule has 0 atom stereocenters. The standard InChI is InChI=1S/C16H18F2N2S/c1-2-7-19-9-14-15(10-3-4-10)20-16(21-14)12-8-11(17)5-6-13(12)18/h5-6,8,10,19H,2-4,7,9H2,1H3. The van der Waals surface area contributed by atoms with E-state index in [9.17, 15) is 8.78 Å². The highest BCUT2D eigenvalue weighted by Gasteiger charge is 2.30. The predicted octanol–water partition coefficient (Wildman–Crippen LogP) is 4.47. The zero-order valence-electron chi connectivity index (χ0n) is 12.0. The summed E-state index contributed by atoms with van der Waals surface area (Å²) in [7, 11) is 0. The van der Waals surface area contributed by atoms with Gasteiger partial charge in [0, 0.05) is 22.9 Å². The summed E-state index contributed by atoms with van der Waals surface area (Å²) < 4.78 is 27.3. The van der Waals surface area contributed by atoms with Gasteiger partial charge in [-0.15, -0.1) is 11.3 Å². The third-order valence-corrected chi connectivity index (χ3v) is 4.67. The molecule has 3 rings (SSSR count). The number of rotatable bonds is 6. The van der Waals surface area contributed by atoms with E-state index in [0.717, 1.165) is 55.1 Å². The third kappa shape index (κ3) is 3.30. The molecule has 1 aliphatic carbocycles. The summed E-state index contributed by atoms with van der Waals surface area (Å²) in [5.74, 6) is -0.342. The van der Waals surface area contributed by atoms with Gasteiger partial charge in [0.15, 0.2) is 0 Å². The van der Waals surface area contributed by atoms with Gasteiger partial charge < -0.3 is 5.32 Å². The van der Waals surface area contributed by atoms with Crippen molar-refractivity contribution >= 4 is 11.3 Å². The summed E-state index contributed by atoms with van der Waals surface area (Å²) in [6.07, 6.45) is 3.37. The first-order valence-corrected chi connectivity index (χ1v) is 8.16. The second-order valence-electron chi connectivity index (χ2n) is 5.40. The molecule has 21 heavy (non-hydrogen) atoms. The van der Waals surface area contributed by atoms with Crippen LogP contribution in [-0.4, -0.2) is 11.5 Å². The molecule has 1 aliphatic rings. The number of benzene rings is 1. The molecule has 1 aromatic heterocycles. The fraction of sp³-hybridized carbons (Fsp3) is 0.438. The highest BCUT2D eigenvalue weighted by Crippen LogP contribution is 2.44. The molecule has 1 aromatic carbocycles. The van der Waals surface area contributed by atoms with E-state index >= 15 is 0 Å². The highest BCUT2D eigenvalue weighted by molar-refractivity contribution is 7.15. The molecule has 1 heterocycles. The lowest BCUT2D eigenvalue weighted by Gasteiger charge is -2.01. The Hall–Kier alpha value is -1.33. The van der Waals surface area contributed by atoms with Gasteiger partial charge in [0.2, 0.25) is 0 Å². The lowest BCUT2D eigenvalue weighted by Crippen LogP contribution is -2.13. The van der Waals surface area contributed by atoms with E-state index in [1.54, 1.807) is 0 Å². The minimum Gasteiger partial charge on any atom is -0.312 e. The van der Waals surface area contributed by atoms with Crippen LogP contribution in [0.2, 0.25) is 0 Å². The fourth-order valence-electron chi connectivity index (χ4n) is 2.32. The third-order valence-electron chi connectivity index (χ3n) is 3.56. The van der Waals surface area contributed by atoms with Crippen LogP contribution in [0.3, 0.4) is 0 Å². The van der Waals surface area contributed by atoms with E-state index in [1.807, 2.05) is 0 Å². The molecule has 0 aliphatic heterocycles. The Bertz CT molecular complexity index is 635. The first-order chi connectivity index (χ1) is 10.2. The Kier molecular flexibility index (Phi) is 4.31. The molecular formula is C16H18F2N2S. The number of aromatic nitrogens is 1. The Morgan fingerprint density at radius 1 is 1.33 bits per heavy atom. The molecule has 0 saturated heterocycles. The molecule has 0 radical (unpaired) electrons. The van der Waals surface area contributed by atoms with Gasteiger partial charge >= 0.3 is 0 Å². The van der Waals surface area contributed by atoms with Gasteiger partial charge in [0.05, 0.1) is 5.69 Å². The van der Waals surface area contributed by atoms with Crippen molar-refractivity contribution in [1.82, 2.24) is 10.3 Å². The van der Waals surface area contributed by atoms with Crippen LogP contribution in [-0.2, 0) is 6.54 Å². The second kappa shape index (κ2) is 6.20. The topological polar surface area (TPSA) is 24.9 Å². The smallest absolute Gasteiger partial charge is 0.133 e. The summed E-state index contributed by atoms with van der Waals surface area (Å²) in [5.41, 5.74) is 1.34. The number of halogens is 2. The van der Waals surface area contributed by atoms with Crippen LogP contribution in [0.4, 0.5) is 8.78 Å². The lowest BCUT2D eigenvalue weighted by molar-refractivity contribution is 0.603. The average molecular weight is 308 g/mol. The van der Waals surface area contributed by atoms with Crippen molar-refractivity contribution in [1.29, 1.82) is 0 Å². The molecule has 1 saturated carbocycles. The lowest BCUT2D eigenvalue weighted by atomic mass is 10.2. The Morgan fingerprint density at radius 3 is 2.86 bits per heavy atom. The van der Waals surface area contributed by atoms with E-state index in [4.69, 9.17) is 0 Å². The summed E-state index contributed by atoms with van der Waals surface area (Å²) in [5, 5.41) is 3.95. The average Bonchev–Trinajstić information content (AvgIpc) is 3.23. The molecule has 0 spiro atoms. The highest BCUT2D eigenvalue weighted by atomic mass is 32.1. The Labute approximate surface area is 127 Å². The van der Waals surface area contributed by atoms with Crippen molar-refractivity contribution in [2.24, 2.45) is 0 Å². The number of hydrogen-bond donors (Lipinski definition) is 1. The normalized spacial score (nSPS) is 14.6. The molecule has 5 heteroatoms. The Balaban J connectivity index is 1.92. The van der Waals surface area contributed by atoms with E-state index in [0.29, 0.717) is 10.9 Å². The summed E-state index contributed by atoms with van der Waals surface area (Å²) in [4.78, 5) is 5.75. The van der Waals surface area contributed by atoms with Gasteiger partial charge in [-0.1, -0.05) is 6.92 Å². The van der Waals surface area contributed by atoms with Crippen molar-refractivity contribution in [3.63, 3.8) is 0 Å². The molecule has 2 nitrogen and oxygen atoms in total. The van der Waals surface area contributed by atoms with Crippen LogP contribution >= 0.6 is 11.3 Å². The van der Waals surface area contributed by atoms with Crippen molar-refractivity contribution < 1.29 is 8.78 Å². The van der Waals surface area contributed by atoms with Crippen molar-refractivity contribution in [3.05, 3.63) is 40.4 Å². The molecular weight excluding hydrogens is 290 g/mol. The van der Waals surface area contributed by atoms with E-state index in [-0.39, 0.29) is 5.56 Å². The number of nitrogens with zero attached hydrogens (tertiary/aromatic N) is 1. The zero-order chi connectivity index (χ0) is 14.8. The maximum absolute atomic E-state index is 13.9. The van der Waals surface area contributed by atoms with Crippen LogP contribution in [0.1, 0.15) is 42.7 Å². The van der Waals surface area contributed by atoms with Crippen LogP contribution in [0, 0.1) is 11.6 Å². The van der Waals surface area contributed by atoms with Gasteiger partial charge in [-0.3, -0.25) is 0 Å². The van der Waals surface area contributed by atoms with Crippen molar-refractivity contribution in [2.75, 3.05) is 6.54 Å². The van der Waals surface area contributed by atoms with E-state index in [1.165, 1.54) is 17.4 Å². The maximum atomic E-state index is 13.9. The molecule has 1 N–H and O–H groups in total. The molecule has 0 bridgehead atoms. The molecule has 0 unspecified atom stereocenters. The Morgan fingerprint density at radius 2 is 2.14 bits per heavy atom. The molecule has 1 fully saturated rings. The van der Waals surface area contributed by atoms with Gasteiger partial charge in [-0.05, 0) is 44.0 Å². The van der Waals surface area contributed by atoms with Crippen LogP contribution in [0.5, 0.6) is 0 Å². The van der Waals surface area contributed by atoms with Gasteiger partial charge in [-0.2, -0.15) is 0 Å². The van der Waals surface area contributed by atoms with Crippen LogP contribution < -0.4 is 5.32 Å². The SMILES string of the molecule is CCCNCc1sc(-c2cc(F)ccc2F)nc1C1CC1. The van der Waals surface area contributed by atoms with Gasteiger partial charge in [0.25, 0.3) is 0 Å². The fourth-order valence-corrected chi connectivity index (χ4v) is 3.46. The molecule has 112 valence electrons. The van der Waals surface area contributed by atoms with E-state index < -0.39 is 11.6 Å². The first kappa shape index (κ1) is 14.6. The number of hydrogen-bond acceptors (Lipinski definition) is 3. The summed E-state index contributed by atoms with van der Waals surface area (Å²) >= 11 is 1.47. The quantitative estimate of drug-likeness (QED) is 0.797. The maximum Gasteiger partial charge on any atom is 0.133 e. The van der Waals surface area contributed by atoms with Crippen molar-refractivity contribution in [2.45, 2.75) is 38.6 Å². The molecule has 2 aromatic rings. The molecule has 0 amide bonds. The minimum absolute atomic E-state index is 0.267. The number of thiazole rings is 1. The second-order valence-corrected chi connectivity index (χ2v) is 6.49.